The SMILES string of the molecule is CN1CCCN(Cc2c[nH]c3ccccc23)CC1.Cl.Cl. The second-order valence-electron chi connectivity index (χ2n) is 5.29. The minimum atomic E-state index is 0. The van der Waals surface area contributed by atoms with E-state index in [1.165, 1.54) is 49.1 Å². The standard InChI is InChI=1S/C15H21N3.2ClH/c1-17-7-4-8-18(10-9-17)12-13-11-16-15-6-3-2-5-14(13)15;;/h2-3,5-6,11,16H,4,7-10,12H2,1H3;2*1H. The third-order valence-corrected chi connectivity index (χ3v) is 3.88. The molecule has 0 saturated carbocycles. The molecule has 1 aromatic heterocycles. The predicted octanol–water partition coefficient (Wildman–Crippen LogP) is 3.15. The Morgan fingerprint density at radius 2 is 1.85 bits per heavy atom. The first kappa shape index (κ1) is 17.3. The Hall–Kier alpha value is -0.740. The fraction of sp³-hybridized carbons (Fsp3) is 0.467. The van der Waals surface area contributed by atoms with Crippen LogP contribution in [0.2, 0.25) is 0 Å². The van der Waals surface area contributed by atoms with Gasteiger partial charge in [-0.15, -0.1) is 24.8 Å². The van der Waals surface area contributed by atoms with Crippen LogP contribution in [0.1, 0.15) is 12.0 Å². The van der Waals surface area contributed by atoms with Crippen molar-refractivity contribution in [3.63, 3.8) is 0 Å². The molecule has 1 aliphatic rings. The van der Waals surface area contributed by atoms with E-state index in [1.807, 2.05) is 0 Å². The van der Waals surface area contributed by atoms with Crippen LogP contribution in [0.25, 0.3) is 10.9 Å². The van der Waals surface area contributed by atoms with Crippen molar-refractivity contribution in [1.82, 2.24) is 14.8 Å². The molecule has 0 aliphatic carbocycles. The highest BCUT2D eigenvalue weighted by Crippen LogP contribution is 2.19. The number of para-hydroxylation sites is 1. The Kier molecular flexibility index (Phi) is 6.83. The van der Waals surface area contributed by atoms with Gasteiger partial charge in [0.2, 0.25) is 0 Å². The molecule has 3 rings (SSSR count). The van der Waals surface area contributed by atoms with E-state index in [0.717, 1.165) is 6.54 Å². The van der Waals surface area contributed by atoms with E-state index in [9.17, 15) is 0 Å². The number of halogens is 2. The molecule has 1 aliphatic heterocycles. The van der Waals surface area contributed by atoms with Crippen molar-refractivity contribution >= 4 is 35.7 Å². The van der Waals surface area contributed by atoms with Crippen LogP contribution in [0.4, 0.5) is 0 Å². The number of aromatic nitrogens is 1. The van der Waals surface area contributed by atoms with Crippen LogP contribution in [0.3, 0.4) is 0 Å². The summed E-state index contributed by atoms with van der Waals surface area (Å²) in [5.41, 5.74) is 2.68. The van der Waals surface area contributed by atoms with Gasteiger partial charge in [-0.2, -0.15) is 0 Å². The predicted molar refractivity (Wildman–Crippen MR) is 90.2 cm³/mol. The lowest BCUT2D eigenvalue weighted by atomic mass is 10.1. The number of H-pyrrole nitrogens is 1. The summed E-state index contributed by atoms with van der Waals surface area (Å²) in [6, 6.07) is 8.57. The summed E-state index contributed by atoms with van der Waals surface area (Å²) in [4.78, 5) is 8.36. The minimum absolute atomic E-state index is 0. The molecular formula is C15H23Cl2N3. The van der Waals surface area contributed by atoms with Gasteiger partial charge in [-0.05, 0) is 38.2 Å². The van der Waals surface area contributed by atoms with Gasteiger partial charge in [0.15, 0.2) is 0 Å². The van der Waals surface area contributed by atoms with Gasteiger partial charge < -0.3 is 9.88 Å². The van der Waals surface area contributed by atoms with Crippen molar-refractivity contribution in [2.75, 3.05) is 33.2 Å². The van der Waals surface area contributed by atoms with Gasteiger partial charge in [-0.25, -0.2) is 0 Å². The van der Waals surface area contributed by atoms with Gasteiger partial charge in [0.1, 0.15) is 0 Å². The molecule has 2 heterocycles. The van der Waals surface area contributed by atoms with Crippen LogP contribution in [0.5, 0.6) is 0 Å². The lowest BCUT2D eigenvalue weighted by Gasteiger charge is -2.19. The molecule has 1 N–H and O–H groups in total. The van der Waals surface area contributed by atoms with E-state index in [-0.39, 0.29) is 24.8 Å². The molecule has 1 saturated heterocycles. The van der Waals surface area contributed by atoms with E-state index in [1.54, 1.807) is 0 Å². The highest BCUT2D eigenvalue weighted by atomic mass is 35.5. The molecule has 2 aromatic rings. The van der Waals surface area contributed by atoms with Crippen LogP contribution in [0.15, 0.2) is 30.5 Å². The van der Waals surface area contributed by atoms with Gasteiger partial charge in [0.05, 0.1) is 0 Å². The van der Waals surface area contributed by atoms with E-state index in [4.69, 9.17) is 0 Å². The van der Waals surface area contributed by atoms with Crippen molar-refractivity contribution in [2.45, 2.75) is 13.0 Å². The van der Waals surface area contributed by atoms with Crippen molar-refractivity contribution in [3.05, 3.63) is 36.0 Å². The molecule has 112 valence electrons. The fourth-order valence-corrected chi connectivity index (χ4v) is 2.76. The zero-order chi connectivity index (χ0) is 12.4. The summed E-state index contributed by atoms with van der Waals surface area (Å²) < 4.78 is 0. The monoisotopic (exact) mass is 315 g/mol. The average molecular weight is 316 g/mol. The normalized spacial score (nSPS) is 17.2. The molecule has 0 radical (unpaired) electrons. The minimum Gasteiger partial charge on any atom is -0.361 e. The van der Waals surface area contributed by atoms with Crippen LogP contribution in [-0.4, -0.2) is 48.0 Å². The van der Waals surface area contributed by atoms with Crippen molar-refractivity contribution in [1.29, 1.82) is 0 Å². The Morgan fingerprint density at radius 1 is 1.05 bits per heavy atom. The number of likely N-dealkylation sites (N-methyl/N-ethyl adjacent to an activating group) is 1. The summed E-state index contributed by atoms with van der Waals surface area (Å²) >= 11 is 0. The summed E-state index contributed by atoms with van der Waals surface area (Å²) in [5.74, 6) is 0. The first-order chi connectivity index (χ1) is 8.83. The maximum atomic E-state index is 3.37. The highest BCUT2D eigenvalue weighted by molar-refractivity contribution is 5.85. The molecule has 0 atom stereocenters. The van der Waals surface area contributed by atoms with Gasteiger partial charge in [-0.3, -0.25) is 4.90 Å². The molecule has 3 nitrogen and oxygen atoms in total. The first-order valence-electron chi connectivity index (χ1n) is 6.79. The van der Waals surface area contributed by atoms with Gasteiger partial charge in [-0.1, -0.05) is 18.2 Å². The second kappa shape index (κ2) is 7.89. The molecule has 0 bridgehead atoms. The van der Waals surface area contributed by atoms with E-state index in [2.05, 4.69) is 52.3 Å². The number of aromatic amines is 1. The van der Waals surface area contributed by atoms with E-state index >= 15 is 0 Å². The highest BCUT2D eigenvalue weighted by Gasteiger charge is 2.13. The molecular weight excluding hydrogens is 293 g/mol. The van der Waals surface area contributed by atoms with Crippen LogP contribution in [-0.2, 0) is 6.54 Å². The molecule has 0 unspecified atom stereocenters. The van der Waals surface area contributed by atoms with Crippen molar-refractivity contribution < 1.29 is 0 Å². The van der Waals surface area contributed by atoms with Gasteiger partial charge in [0.25, 0.3) is 0 Å². The molecule has 5 heteroatoms. The molecule has 1 aromatic carbocycles. The van der Waals surface area contributed by atoms with E-state index < -0.39 is 0 Å². The maximum absolute atomic E-state index is 3.37. The van der Waals surface area contributed by atoms with Gasteiger partial charge >= 0.3 is 0 Å². The molecule has 0 amide bonds. The number of benzene rings is 1. The number of hydrogen-bond donors (Lipinski definition) is 1. The van der Waals surface area contributed by atoms with Crippen LogP contribution in [0, 0.1) is 0 Å². The third-order valence-electron chi connectivity index (χ3n) is 3.88. The molecule has 0 spiro atoms. The molecule has 20 heavy (non-hydrogen) atoms. The Bertz CT molecular complexity index is 527. The number of nitrogens with zero attached hydrogens (tertiary/aromatic N) is 2. The Labute approximate surface area is 133 Å². The summed E-state index contributed by atoms with van der Waals surface area (Å²) in [7, 11) is 2.22. The maximum Gasteiger partial charge on any atom is 0.0457 e. The Morgan fingerprint density at radius 3 is 2.70 bits per heavy atom. The largest absolute Gasteiger partial charge is 0.361 e. The average Bonchev–Trinajstić information content (AvgIpc) is 2.67. The second-order valence-corrected chi connectivity index (χ2v) is 5.29. The number of rotatable bonds is 2. The Balaban J connectivity index is 0.000001000. The zero-order valence-electron chi connectivity index (χ0n) is 11.8. The van der Waals surface area contributed by atoms with Crippen LogP contribution >= 0.6 is 24.8 Å². The summed E-state index contributed by atoms with van der Waals surface area (Å²) in [6.45, 7) is 5.87. The zero-order valence-corrected chi connectivity index (χ0v) is 13.5. The lowest BCUT2D eigenvalue weighted by molar-refractivity contribution is 0.270. The van der Waals surface area contributed by atoms with Crippen molar-refractivity contribution in [2.24, 2.45) is 0 Å². The first-order valence-corrected chi connectivity index (χ1v) is 6.79. The van der Waals surface area contributed by atoms with Gasteiger partial charge in [0, 0.05) is 36.7 Å². The van der Waals surface area contributed by atoms with Crippen molar-refractivity contribution in [3.8, 4) is 0 Å². The number of fused-ring (bicyclic) bond motifs is 1. The fourth-order valence-electron chi connectivity index (χ4n) is 2.76. The smallest absolute Gasteiger partial charge is 0.0457 e. The topological polar surface area (TPSA) is 22.3 Å². The van der Waals surface area contributed by atoms with E-state index in [0.29, 0.717) is 0 Å². The molecule has 1 fully saturated rings. The van der Waals surface area contributed by atoms with Crippen LogP contribution < -0.4 is 0 Å². The quantitative estimate of drug-likeness (QED) is 0.919. The lowest BCUT2D eigenvalue weighted by Crippen LogP contribution is -2.28. The summed E-state index contributed by atoms with van der Waals surface area (Å²) in [6.07, 6.45) is 3.44. The third kappa shape index (κ3) is 3.89. The summed E-state index contributed by atoms with van der Waals surface area (Å²) in [5, 5.41) is 1.37. The number of hydrogen-bond acceptors (Lipinski definition) is 2. The number of nitrogens with one attached hydrogen (secondary N) is 1.